The average Bonchev–Trinajstić information content (AvgIpc) is 3.19. The number of carbonyl (C=O) groups excluding carboxylic acids is 2. The molecule has 0 N–H and O–H groups in total. The molecule has 2 fully saturated rings. The van der Waals surface area contributed by atoms with Crippen LogP contribution >= 0.6 is 34.8 Å². The number of nitrogens with zero attached hydrogens (tertiary/aromatic N) is 4. The number of pyridine rings is 1. The number of hydrogen-bond acceptors (Lipinski definition) is 6. The number of anilines is 2. The molecule has 0 spiro atoms. The highest BCUT2D eigenvalue weighted by molar-refractivity contribution is 6.42. The third-order valence-electron chi connectivity index (χ3n) is 5.67. The van der Waals surface area contributed by atoms with Crippen LogP contribution in [0.4, 0.5) is 20.7 Å². The first-order chi connectivity index (χ1) is 16.3. The number of ether oxygens (including phenoxy) is 2. The maximum atomic E-state index is 15.0. The molecule has 0 saturated carbocycles. The molecule has 3 heterocycles. The molecule has 2 amide bonds. The van der Waals surface area contributed by atoms with Gasteiger partial charge in [-0.1, -0.05) is 34.8 Å². The van der Waals surface area contributed by atoms with Crippen LogP contribution in [0, 0.1) is 5.82 Å². The molecule has 4 rings (SSSR count). The molecule has 0 bridgehead atoms. The van der Waals surface area contributed by atoms with Crippen LogP contribution in [0.15, 0.2) is 24.3 Å². The van der Waals surface area contributed by atoms with Crippen LogP contribution in [-0.2, 0) is 9.47 Å². The Morgan fingerprint density at radius 3 is 2.59 bits per heavy atom. The van der Waals surface area contributed by atoms with Crippen molar-refractivity contribution in [3.8, 4) is 0 Å². The van der Waals surface area contributed by atoms with E-state index < -0.39 is 17.8 Å². The van der Waals surface area contributed by atoms with Crippen molar-refractivity contribution in [2.24, 2.45) is 0 Å². The summed E-state index contributed by atoms with van der Waals surface area (Å²) in [4.78, 5) is 34.2. The van der Waals surface area contributed by atoms with Crippen LogP contribution in [0.2, 0.25) is 15.2 Å². The summed E-state index contributed by atoms with van der Waals surface area (Å²) in [7, 11) is 0. The largest absolute Gasteiger partial charge is 0.447 e. The van der Waals surface area contributed by atoms with Gasteiger partial charge >= 0.3 is 6.09 Å². The first-order valence-electron chi connectivity index (χ1n) is 10.7. The van der Waals surface area contributed by atoms with E-state index in [9.17, 15) is 14.0 Å². The highest BCUT2D eigenvalue weighted by Gasteiger charge is 2.35. The van der Waals surface area contributed by atoms with Gasteiger partial charge in [0, 0.05) is 32.8 Å². The van der Waals surface area contributed by atoms with E-state index >= 15 is 0 Å². The van der Waals surface area contributed by atoms with E-state index in [2.05, 4.69) is 4.98 Å². The van der Waals surface area contributed by atoms with Crippen molar-refractivity contribution in [2.45, 2.75) is 13.0 Å². The first kappa shape index (κ1) is 24.8. The number of aromatic nitrogens is 1. The second-order valence-electron chi connectivity index (χ2n) is 7.77. The molecule has 8 nitrogen and oxygen atoms in total. The summed E-state index contributed by atoms with van der Waals surface area (Å²) >= 11 is 18.2. The molecule has 0 radical (unpaired) electrons. The fraction of sp³-hybridized carbons (Fsp3) is 0.409. The molecule has 2 aliphatic rings. The number of hydrogen-bond donors (Lipinski definition) is 0. The third kappa shape index (κ3) is 5.02. The zero-order chi connectivity index (χ0) is 24.4. The minimum Gasteiger partial charge on any atom is -0.447 e. The molecule has 2 aromatic rings. The second-order valence-corrected chi connectivity index (χ2v) is 8.94. The number of benzene rings is 1. The summed E-state index contributed by atoms with van der Waals surface area (Å²) in [6.07, 6.45) is -0.575. The van der Waals surface area contributed by atoms with Crippen molar-refractivity contribution in [2.75, 3.05) is 55.8 Å². The Morgan fingerprint density at radius 1 is 1.18 bits per heavy atom. The molecule has 1 aromatic carbocycles. The van der Waals surface area contributed by atoms with Crippen molar-refractivity contribution in [3.05, 3.63) is 50.8 Å². The predicted molar refractivity (Wildman–Crippen MR) is 128 cm³/mol. The molecule has 0 aliphatic carbocycles. The van der Waals surface area contributed by atoms with E-state index in [1.165, 1.54) is 29.2 Å². The van der Waals surface area contributed by atoms with Gasteiger partial charge in [-0.05, 0) is 31.2 Å². The number of halogens is 4. The number of cyclic esters (lactones) is 1. The van der Waals surface area contributed by atoms with Crippen molar-refractivity contribution in [1.29, 1.82) is 0 Å². The van der Waals surface area contributed by atoms with Crippen LogP contribution in [-0.4, -0.2) is 73.9 Å². The summed E-state index contributed by atoms with van der Waals surface area (Å²) in [6.45, 7) is 4.32. The maximum absolute atomic E-state index is 15.0. The van der Waals surface area contributed by atoms with Crippen molar-refractivity contribution < 1.29 is 23.5 Å². The molecule has 12 heteroatoms. The van der Waals surface area contributed by atoms with E-state index in [0.29, 0.717) is 49.3 Å². The van der Waals surface area contributed by atoms with Gasteiger partial charge in [-0.2, -0.15) is 0 Å². The van der Waals surface area contributed by atoms with Crippen molar-refractivity contribution in [3.63, 3.8) is 0 Å². The Labute approximate surface area is 211 Å². The predicted octanol–water partition coefficient (Wildman–Crippen LogP) is 4.51. The average molecular weight is 532 g/mol. The minimum absolute atomic E-state index is 0.0724. The quantitative estimate of drug-likeness (QED) is 0.511. The monoisotopic (exact) mass is 530 g/mol. The number of piperazine rings is 1. The van der Waals surface area contributed by atoms with Crippen LogP contribution in [0.3, 0.4) is 0 Å². The molecule has 2 aliphatic heterocycles. The van der Waals surface area contributed by atoms with E-state index in [4.69, 9.17) is 44.3 Å². The van der Waals surface area contributed by atoms with Gasteiger partial charge in [0.15, 0.2) is 0 Å². The summed E-state index contributed by atoms with van der Waals surface area (Å²) in [6, 6.07) is 5.27. The molecule has 2 saturated heterocycles. The normalized spacial score (nSPS) is 18.4. The van der Waals surface area contributed by atoms with Gasteiger partial charge in [-0.3, -0.25) is 9.69 Å². The number of amides is 2. The highest BCUT2D eigenvalue weighted by atomic mass is 35.5. The molecule has 1 atom stereocenters. The van der Waals surface area contributed by atoms with Crippen molar-refractivity contribution in [1.82, 2.24) is 9.88 Å². The van der Waals surface area contributed by atoms with Crippen LogP contribution < -0.4 is 9.80 Å². The molecule has 34 heavy (non-hydrogen) atoms. The Bertz CT molecular complexity index is 1100. The fourth-order valence-corrected chi connectivity index (χ4v) is 4.54. The standard InChI is InChI=1S/C22H22Cl3FN4O4/c1-2-33-11-14-12-34-22(32)30(14)13-3-4-15(18(26)9-13)21(31)29-7-5-28(6-8-29)20-17(24)10-16(23)19(25)27-20/h3-4,9-10,14H,2,5-8,11-12H2,1H3/t14-/m1/s1. The van der Waals surface area contributed by atoms with Gasteiger partial charge < -0.3 is 19.3 Å². The summed E-state index contributed by atoms with van der Waals surface area (Å²) in [5.41, 5.74) is 0.239. The van der Waals surface area contributed by atoms with Crippen LogP contribution in [0.5, 0.6) is 0 Å². The van der Waals surface area contributed by atoms with Gasteiger partial charge in [-0.15, -0.1) is 0 Å². The Morgan fingerprint density at radius 2 is 1.91 bits per heavy atom. The first-order valence-corrected chi connectivity index (χ1v) is 11.8. The van der Waals surface area contributed by atoms with E-state index in [0.717, 1.165) is 0 Å². The van der Waals surface area contributed by atoms with Gasteiger partial charge in [0.05, 0.1) is 33.9 Å². The van der Waals surface area contributed by atoms with Crippen LogP contribution in [0.25, 0.3) is 0 Å². The van der Waals surface area contributed by atoms with E-state index in [1.807, 2.05) is 11.8 Å². The second kappa shape index (κ2) is 10.5. The number of carbonyl (C=O) groups is 2. The zero-order valence-corrected chi connectivity index (χ0v) is 20.5. The van der Waals surface area contributed by atoms with Gasteiger partial charge in [0.25, 0.3) is 5.91 Å². The summed E-state index contributed by atoms with van der Waals surface area (Å²) in [5, 5.41) is 0.764. The Kier molecular flexibility index (Phi) is 7.67. The molecule has 1 aromatic heterocycles. The lowest BCUT2D eigenvalue weighted by atomic mass is 10.1. The van der Waals surface area contributed by atoms with Crippen LogP contribution in [0.1, 0.15) is 17.3 Å². The Hall–Kier alpha value is -2.33. The maximum Gasteiger partial charge on any atom is 0.414 e. The molecule has 0 unspecified atom stereocenters. The van der Waals surface area contributed by atoms with Gasteiger partial charge in [-0.25, -0.2) is 14.2 Å². The molecule has 182 valence electrons. The highest BCUT2D eigenvalue weighted by Crippen LogP contribution is 2.32. The minimum atomic E-state index is -0.714. The molecular weight excluding hydrogens is 510 g/mol. The van der Waals surface area contributed by atoms with Gasteiger partial charge in [0.2, 0.25) is 0 Å². The summed E-state index contributed by atoms with van der Waals surface area (Å²) < 4.78 is 25.4. The lowest BCUT2D eigenvalue weighted by Crippen LogP contribution is -2.49. The third-order valence-corrected chi connectivity index (χ3v) is 6.62. The van der Waals surface area contributed by atoms with E-state index in [1.54, 1.807) is 4.90 Å². The lowest BCUT2D eigenvalue weighted by molar-refractivity contribution is 0.0741. The Balaban J connectivity index is 1.44. The fourth-order valence-electron chi connectivity index (χ4n) is 3.93. The smallest absolute Gasteiger partial charge is 0.414 e. The SMILES string of the molecule is CCOC[C@@H]1COC(=O)N1c1ccc(C(=O)N2CCN(c3nc(Cl)c(Cl)cc3Cl)CC2)c(F)c1. The number of rotatable bonds is 6. The zero-order valence-electron chi connectivity index (χ0n) is 18.3. The van der Waals surface area contributed by atoms with Crippen molar-refractivity contribution >= 4 is 58.3 Å². The lowest BCUT2D eigenvalue weighted by Gasteiger charge is -2.36. The molecular formula is C22H22Cl3FN4O4. The topological polar surface area (TPSA) is 75.2 Å². The summed E-state index contributed by atoms with van der Waals surface area (Å²) in [5.74, 6) is -0.668. The van der Waals surface area contributed by atoms with E-state index in [-0.39, 0.29) is 35.0 Å². The van der Waals surface area contributed by atoms with Gasteiger partial charge in [0.1, 0.15) is 23.4 Å².